The number of amides is 2. The Bertz CT molecular complexity index is 215. The second kappa shape index (κ2) is 8.34. The first-order chi connectivity index (χ1) is 8.29. The Hall–Kier alpha value is -0.770. The fourth-order valence-electron chi connectivity index (χ4n) is 2.42. The highest BCUT2D eigenvalue weighted by atomic mass is 16.3. The molecule has 4 heteroatoms. The zero-order valence-corrected chi connectivity index (χ0v) is 11.0. The van der Waals surface area contributed by atoms with Crippen molar-refractivity contribution < 1.29 is 9.90 Å². The zero-order valence-electron chi connectivity index (χ0n) is 11.0. The fourth-order valence-corrected chi connectivity index (χ4v) is 2.42. The van der Waals surface area contributed by atoms with E-state index >= 15 is 0 Å². The van der Waals surface area contributed by atoms with Crippen LogP contribution in [0.15, 0.2) is 0 Å². The minimum absolute atomic E-state index is 0.000556. The molecular formula is C13H26N2O2. The second-order valence-electron chi connectivity index (χ2n) is 4.79. The van der Waals surface area contributed by atoms with Crippen LogP contribution in [0, 0.1) is 0 Å². The first-order valence-corrected chi connectivity index (χ1v) is 6.95. The van der Waals surface area contributed by atoms with Gasteiger partial charge in [0.05, 0.1) is 6.61 Å². The normalized spacial score (nSPS) is 16.8. The predicted molar refractivity (Wildman–Crippen MR) is 69.0 cm³/mol. The van der Waals surface area contributed by atoms with Crippen molar-refractivity contribution in [2.24, 2.45) is 0 Å². The Morgan fingerprint density at radius 1 is 1.35 bits per heavy atom. The molecule has 17 heavy (non-hydrogen) atoms. The van der Waals surface area contributed by atoms with Crippen molar-refractivity contribution in [1.29, 1.82) is 0 Å². The Morgan fingerprint density at radius 3 is 2.65 bits per heavy atom. The van der Waals surface area contributed by atoms with Gasteiger partial charge >= 0.3 is 6.03 Å². The van der Waals surface area contributed by atoms with Gasteiger partial charge in [-0.2, -0.15) is 0 Å². The van der Waals surface area contributed by atoms with Gasteiger partial charge < -0.3 is 15.3 Å². The van der Waals surface area contributed by atoms with Crippen molar-refractivity contribution in [3.05, 3.63) is 0 Å². The van der Waals surface area contributed by atoms with E-state index in [-0.39, 0.29) is 12.6 Å². The number of aliphatic hydroxyl groups is 1. The molecule has 0 aliphatic heterocycles. The summed E-state index contributed by atoms with van der Waals surface area (Å²) < 4.78 is 0. The second-order valence-corrected chi connectivity index (χ2v) is 4.79. The molecule has 0 aromatic heterocycles. The van der Waals surface area contributed by atoms with Crippen molar-refractivity contribution in [3.8, 4) is 0 Å². The van der Waals surface area contributed by atoms with Crippen LogP contribution in [0.4, 0.5) is 4.79 Å². The summed E-state index contributed by atoms with van der Waals surface area (Å²) in [6.07, 6.45) is 7.96. The van der Waals surface area contributed by atoms with Crippen molar-refractivity contribution in [2.45, 2.75) is 57.9 Å². The SMILES string of the molecule is CCCCNC(=O)N(CCO)C1CCCCC1. The summed E-state index contributed by atoms with van der Waals surface area (Å²) >= 11 is 0. The van der Waals surface area contributed by atoms with E-state index in [1.807, 2.05) is 4.90 Å². The summed E-state index contributed by atoms with van der Waals surface area (Å²) in [5, 5.41) is 12.0. The zero-order chi connectivity index (χ0) is 12.5. The molecule has 0 aromatic carbocycles. The third-order valence-corrected chi connectivity index (χ3v) is 3.42. The summed E-state index contributed by atoms with van der Waals surface area (Å²) in [5.74, 6) is 0. The first-order valence-electron chi connectivity index (χ1n) is 6.95. The number of nitrogens with one attached hydrogen (secondary N) is 1. The van der Waals surface area contributed by atoms with E-state index < -0.39 is 0 Å². The van der Waals surface area contributed by atoms with Crippen LogP contribution in [0.1, 0.15) is 51.9 Å². The number of rotatable bonds is 6. The van der Waals surface area contributed by atoms with E-state index in [0.29, 0.717) is 12.6 Å². The number of urea groups is 1. The molecule has 100 valence electrons. The maximum Gasteiger partial charge on any atom is 0.317 e. The molecule has 0 radical (unpaired) electrons. The lowest BCUT2D eigenvalue weighted by Gasteiger charge is -2.34. The molecule has 1 fully saturated rings. The van der Waals surface area contributed by atoms with Gasteiger partial charge in [-0.15, -0.1) is 0 Å². The molecular weight excluding hydrogens is 216 g/mol. The van der Waals surface area contributed by atoms with Gasteiger partial charge in [0.25, 0.3) is 0 Å². The Morgan fingerprint density at radius 2 is 2.06 bits per heavy atom. The average Bonchev–Trinajstić information content (AvgIpc) is 2.37. The van der Waals surface area contributed by atoms with Crippen LogP contribution in [0.5, 0.6) is 0 Å². The molecule has 1 rings (SSSR count). The largest absolute Gasteiger partial charge is 0.395 e. The molecule has 1 aliphatic carbocycles. The van der Waals surface area contributed by atoms with E-state index in [9.17, 15) is 4.79 Å². The Kier molecular flexibility index (Phi) is 7.01. The van der Waals surface area contributed by atoms with Crippen molar-refractivity contribution in [2.75, 3.05) is 19.7 Å². The number of hydrogen-bond acceptors (Lipinski definition) is 2. The van der Waals surface area contributed by atoms with Gasteiger partial charge in [0, 0.05) is 19.1 Å². The predicted octanol–water partition coefficient (Wildman–Crippen LogP) is 2.12. The van der Waals surface area contributed by atoms with Gasteiger partial charge in [0.15, 0.2) is 0 Å². The van der Waals surface area contributed by atoms with Gasteiger partial charge in [-0.3, -0.25) is 0 Å². The molecule has 2 amide bonds. The number of hydrogen-bond donors (Lipinski definition) is 2. The topological polar surface area (TPSA) is 52.6 Å². The Balaban J connectivity index is 2.42. The molecule has 2 N–H and O–H groups in total. The molecule has 1 aliphatic rings. The smallest absolute Gasteiger partial charge is 0.317 e. The van der Waals surface area contributed by atoms with Crippen LogP contribution in [0.2, 0.25) is 0 Å². The lowest BCUT2D eigenvalue weighted by atomic mass is 9.94. The summed E-state index contributed by atoms with van der Waals surface area (Å²) in [5.41, 5.74) is 0. The third-order valence-electron chi connectivity index (χ3n) is 3.42. The van der Waals surface area contributed by atoms with Crippen molar-refractivity contribution in [3.63, 3.8) is 0 Å². The number of unbranched alkanes of at least 4 members (excludes halogenated alkanes) is 1. The number of carbonyl (C=O) groups excluding carboxylic acids is 1. The maximum atomic E-state index is 12.0. The van der Waals surface area contributed by atoms with Gasteiger partial charge in [-0.05, 0) is 19.3 Å². The van der Waals surface area contributed by atoms with Crippen LogP contribution in [0.3, 0.4) is 0 Å². The van der Waals surface area contributed by atoms with E-state index in [2.05, 4.69) is 12.2 Å². The third kappa shape index (κ3) is 4.94. The van der Waals surface area contributed by atoms with Gasteiger partial charge in [-0.25, -0.2) is 4.79 Å². The van der Waals surface area contributed by atoms with E-state index in [1.165, 1.54) is 19.3 Å². The van der Waals surface area contributed by atoms with Crippen molar-refractivity contribution in [1.82, 2.24) is 10.2 Å². The van der Waals surface area contributed by atoms with E-state index in [4.69, 9.17) is 5.11 Å². The molecule has 0 heterocycles. The Labute approximate surface area is 104 Å². The van der Waals surface area contributed by atoms with Crippen LogP contribution in [0.25, 0.3) is 0 Å². The molecule has 1 saturated carbocycles. The molecule has 4 nitrogen and oxygen atoms in total. The summed E-state index contributed by atoms with van der Waals surface area (Å²) in [6.45, 7) is 3.36. The quantitative estimate of drug-likeness (QED) is 0.701. The lowest BCUT2D eigenvalue weighted by Crippen LogP contribution is -2.48. The molecule has 0 spiro atoms. The van der Waals surface area contributed by atoms with Crippen LogP contribution >= 0.6 is 0 Å². The lowest BCUT2D eigenvalue weighted by molar-refractivity contribution is 0.134. The van der Waals surface area contributed by atoms with Crippen molar-refractivity contribution >= 4 is 6.03 Å². The molecule has 0 unspecified atom stereocenters. The molecule has 0 aromatic rings. The highest BCUT2D eigenvalue weighted by Gasteiger charge is 2.24. The minimum Gasteiger partial charge on any atom is -0.395 e. The standard InChI is InChI=1S/C13H26N2O2/c1-2-3-9-14-13(17)15(10-11-16)12-7-5-4-6-8-12/h12,16H,2-11H2,1H3,(H,14,17). The highest BCUT2D eigenvalue weighted by Crippen LogP contribution is 2.22. The van der Waals surface area contributed by atoms with Crippen LogP contribution in [-0.2, 0) is 0 Å². The monoisotopic (exact) mass is 242 g/mol. The first kappa shape index (κ1) is 14.3. The van der Waals surface area contributed by atoms with E-state index in [1.54, 1.807) is 0 Å². The highest BCUT2D eigenvalue weighted by molar-refractivity contribution is 5.74. The van der Waals surface area contributed by atoms with Crippen LogP contribution < -0.4 is 5.32 Å². The van der Waals surface area contributed by atoms with Gasteiger partial charge in [0.1, 0.15) is 0 Å². The van der Waals surface area contributed by atoms with Gasteiger partial charge in [0.2, 0.25) is 0 Å². The van der Waals surface area contributed by atoms with Gasteiger partial charge in [-0.1, -0.05) is 32.6 Å². The summed E-state index contributed by atoms with van der Waals surface area (Å²) in [6, 6.07) is 0.330. The molecule has 0 atom stereocenters. The van der Waals surface area contributed by atoms with Crippen LogP contribution in [-0.4, -0.2) is 41.8 Å². The van der Waals surface area contributed by atoms with E-state index in [0.717, 1.165) is 32.2 Å². The average molecular weight is 242 g/mol. The number of nitrogens with zero attached hydrogens (tertiary/aromatic N) is 1. The molecule has 0 bridgehead atoms. The minimum atomic E-state index is -0.000556. The fraction of sp³-hybridized carbons (Fsp3) is 0.923. The maximum absolute atomic E-state index is 12.0. The summed E-state index contributed by atoms with van der Waals surface area (Å²) in [7, 11) is 0. The number of carbonyl (C=O) groups is 1. The molecule has 0 saturated heterocycles. The number of aliphatic hydroxyl groups excluding tert-OH is 1. The summed E-state index contributed by atoms with van der Waals surface area (Å²) in [4.78, 5) is 13.8.